The van der Waals surface area contributed by atoms with Gasteiger partial charge in [-0.3, -0.25) is 0 Å². The van der Waals surface area contributed by atoms with Crippen LogP contribution < -0.4 is 0 Å². The highest BCUT2D eigenvalue weighted by atomic mass is 32.2. The molecule has 1 radical (unpaired) electrons. The summed E-state index contributed by atoms with van der Waals surface area (Å²) >= 11 is -0.583. The summed E-state index contributed by atoms with van der Waals surface area (Å²) in [4.78, 5) is 0. The SMILES string of the molecule is [CH2]CC[S+]([O-])CCC. The summed E-state index contributed by atoms with van der Waals surface area (Å²) in [6, 6.07) is 0. The molecule has 0 aromatic carbocycles. The third kappa shape index (κ3) is 4.47. The molecule has 8 heavy (non-hydrogen) atoms. The topological polar surface area (TPSA) is 23.1 Å². The van der Waals surface area contributed by atoms with Gasteiger partial charge >= 0.3 is 0 Å². The van der Waals surface area contributed by atoms with Crippen LogP contribution >= 0.6 is 0 Å². The second-order valence-electron chi connectivity index (χ2n) is 1.70. The lowest BCUT2D eigenvalue weighted by molar-refractivity contribution is 0.593. The maximum atomic E-state index is 10.7. The molecule has 0 spiro atoms. The van der Waals surface area contributed by atoms with Gasteiger partial charge in [0.15, 0.2) is 0 Å². The summed E-state index contributed by atoms with van der Waals surface area (Å²) in [5.41, 5.74) is 0. The number of hydrogen-bond acceptors (Lipinski definition) is 1. The van der Waals surface area contributed by atoms with Crippen LogP contribution in [0.25, 0.3) is 0 Å². The van der Waals surface area contributed by atoms with Crippen LogP contribution in [0, 0.1) is 6.92 Å². The zero-order valence-electron chi connectivity index (χ0n) is 5.35. The van der Waals surface area contributed by atoms with Crippen LogP contribution in [-0.2, 0) is 11.2 Å². The van der Waals surface area contributed by atoms with E-state index in [4.69, 9.17) is 0 Å². The van der Waals surface area contributed by atoms with Crippen LogP contribution in [0.4, 0.5) is 0 Å². The van der Waals surface area contributed by atoms with E-state index in [9.17, 15) is 4.55 Å². The fraction of sp³-hybridized carbons (Fsp3) is 0.833. The molecule has 0 aromatic rings. The normalized spacial score (nSPS) is 10.5. The molecule has 1 nitrogen and oxygen atoms in total. The zero-order valence-corrected chi connectivity index (χ0v) is 6.17. The summed E-state index contributed by atoms with van der Waals surface area (Å²) in [7, 11) is 0. The van der Waals surface area contributed by atoms with Gasteiger partial charge < -0.3 is 4.55 Å². The molecule has 0 aliphatic rings. The Hall–Kier alpha value is 0.310. The van der Waals surface area contributed by atoms with E-state index in [1.54, 1.807) is 0 Å². The molecule has 0 amide bonds. The molecule has 0 fully saturated rings. The average Bonchev–Trinajstić information content (AvgIpc) is 1.68. The van der Waals surface area contributed by atoms with Crippen LogP contribution in [0.3, 0.4) is 0 Å². The minimum Gasteiger partial charge on any atom is -0.616 e. The van der Waals surface area contributed by atoms with Crippen molar-refractivity contribution in [2.45, 2.75) is 19.8 Å². The largest absolute Gasteiger partial charge is 0.616 e. The maximum absolute atomic E-state index is 10.7. The molecule has 0 bridgehead atoms. The Bertz CT molecular complexity index is 41.8. The van der Waals surface area contributed by atoms with Crippen LogP contribution in [0.15, 0.2) is 0 Å². The minimum absolute atomic E-state index is 0.583. The van der Waals surface area contributed by atoms with E-state index in [1.807, 2.05) is 6.92 Å². The molecule has 0 saturated carbocycles. The van der Waals surface area contributed by atoms with Crippen molar-refractivity contribution in [1.82, 2.24) is 0 Å². The fourth-order valence-electron chi connectivity index (χ4n) is 0.491. The van der Waals surface area contributed by atoms with Gasteiger partial charge in [0, 0.05) is 0 Å². The zero-order chi connectivity index (χ0) is 6.41. The first-order valence-electron chi connectivity index (χ1n) is 2.95. The van der Waals surface area contributed by atoms with Crippen molar-refractivity contribution >= 4 is 11.2 Å². The fourth-order valence-corrected chi connectivity index (χ4v) is 1.47. The van der Waals surface area contributed by atoms with Crippen LogP contribution in [0.2, 0.25) is 0 Å². The van der Waals surface area contributed by atoms with Gasteiger partial charge in [-0.1, -0.05) is 18.1 Å². The van der Waals surface area contributed by atoms with Gasteiger partial charge in [-0.05, 0) is 19.8 Å². The van der Waals surface area contributed by atoms with Gasteiger partial charge in [-0.2, -0.15) is 0 Å². The first kappa shape index (κ1) is 8.31. The molecule has 1 atom stereocenters. The summed E-state index contributed by atoms with van der Waals surface area (Å²) in [5.74, 6) is 1.61. The summed E-state index contributed by atoms with van der Waals surface area (Å²) in [5, 5.41) is 0. The Morgan fingerprint density at radius 2 is 2.12 bits per heavy atom. The van der Waals surface area contributed by atoms with Crippen molar-refractivity contribution in [3.05, 3.63) is 6.92 Å². The lowest BCUT2D eigenvalue weighted by atomic mass is 10.6. The second-order valence-corrected chi connectivity index (χ2v) is 3.40. The van der Waals surface area contributed by atoms with Crippen molar-refractivity contribution in [2.75, 3.05) is 11.5 Å². The molecule has 2 heteroatoms. The molecule has 0 heterocycles. The third-order valence-electron chi connectivity index (χ3n) is 0.804. The Kier molecular flexibility index (Phi) is 5.66. The third-order valence-corrected chi connectivity index (χ3v) is 2.41. The molecule has 1 unspecified atom stereocenters. The van der Waals surface area contributed by atoms with E-state index < -0.39 is 11.2 Å². The molecule has 0 saturated heterocycles. The van der Waals surface area contributed by atoms with Crippen molar-refractivity contribution in [1.29, 1.82) is 0 Å². The first-order valence-corrected chi connectivity index (χ1v) is 4.44. The highest BCUT2D eigenvalue weighted by Gasteiger charge is 1.99. The first-order chi connectivity index (χ1) is 3.81. The van der Waals surface area contributed by atoms with E-state index in [0.29, 0.717) is 0 Å². The van der Waals surface area contributed by atoms with Gasteiger partial charge in [0.1, 0.15) is 11.5 Å². The molecular formula is C6H13OS. The van der Waals surface area contributed by atoms with Crippen LogP contribution in [-0.4, -0.2) is 16.1 Å². The van der Waals surface area contributed by atoms with Crippen molar-refractivity contribution in [2.24, 2.45) is 0 Å². The van der Waals surface area contributed by atoms with Gasteiger partial charge in [0.2, 0.25) is 0 Å². The van der Waals surface area contributed by atoms with Crippen molar-refractivity contribution in [3.8, 4) is 0 Å². The lowest BCUT2D eigenvalue weighted by Gasteiger charge is -2.06. The molecular weight excluding hydrogens is 120 g/mol. The van der Waals surface area contributed by atoms with E-state index in [0.717, 1.165) is 24.3 Å². The molecule has 0 aromatic heterocycles. The van der Waals surface area contributed by atoms with Crippen molar-refractivity contribution < 1.29 is 4.55 Å². The van der Waals surface area contributed by atoms with Gasteiger partial charge in [0.05, 0.1) is 0 Å². The summed E-state index contributed by atoms with van der Waals surface area (Å²) in [6.45, 7) is 5.66. The molecule has 0 N–H and O–H groups in total. The monoisotopic (exact) mass is 133 g/mol. The average molecular weight is 133 g/mol. The Labute approximate surface area is 54.7 Å². The van der Waals surface area contributed by atoms with Crippen LogP contribution in [0.1, 0.15) is 19.8 Å². The maximum Gasteiger partial charge on any atom is 0.105 e. The Morgan fingerprint density at radius 3 is 2.50 bits per heavy atom. The molecule has 0 rings (SSSR count). The highest BCUT2D eigenvalue weighted by Crippen LogP contribution is 1.94. The molecule has 0 aliphatic heterocycles. The minimum atomic E-state index is -0.583. The van der Waals surface area contributed by atoms with Gasteiger partial charge in [-0.15, -0.1) is 0 Å². The highest BCUT2D eigenvalue weighted by molar-refractivity contribution is 7.91. The van der Waals surface area contributed by atoms with E-state index in [-0.39, 0.29) is 0 Å². The Morgan fingerprint density at radius 1 is 1.50 bits per heavy atom. The van der Waals surface area contributed by atoms with Crippen molar-refractivity contribution in [3.63, 3.8) is 0 Å². The predicted octanol–water partition coefficient (Wildman–Crippen LogP) is 1.37. The van der Waals surface area contributed by atoms with Gasteiger partial charge in [-0.25, -0.2) is 0 Å². The summed E-state index contributed by atoms with van der Waals surface area (Å²) < 4.78 is 10.7. The quantitative estimate of drug-likeness (QED) is 0.531. The standard InChI is InChI=1S/C6H13OS/c1-3-5-8(7)6-4-2/h1,3-6H2,2H3. The van der Waals surface area contributed by atoms with E-state index in [1.165, 1.54) is 0 Å². The Balaban J connectivity index is 2.92. The smallest absolute Gasteiger partial charge is 0.105 e. The number of rotatable bonds is 4. The van der Waals surface area contributed by atoms with E-state index >= 15 is 0 Å². The lowest BCUT2D eigenvalue weighted by Crippen LogP contribution is -2.09. The van der Waals surface area contributed by atoms with Gasteiger partial charge in [0.25, 0.3) is 0 Å². The predicted molar refractivity (Wildman–Crippen MR) is 38.1 cm³/mol. The number of hydrogen-bond donors (Lipinski definition) is 0. The second kappa shape index (κ2) is 5.45. The van der Waals surface area contributed by atoms with Crippen LogP contribution in [0.5, 0.6) is 0 Å². The van der Waals surface area contributed by atoms with E-state index in [2.05, 4.69) is 6.92 Å². The molecule has 0 aliphatic carbocycles. The summed E-state index contributed by atoms with van der Waals surface area (Å²) in [6.07, 6.45) is 1.82. The molecule has 49 valence electrons.